The Morgan fingerprint density at radius 3 is 2.03 bits per heavy atom. The highest BCUT2D eigenvalue weighted by Crippen LogP contribution is 2.41. The SMILES string of the molecule is COc1ccc(S(=O)(=O)Nc2cccnc2Nc2cc(OC)c(OC)c(OC)c2)cc1. The summed E-state index contributed by atoms with van der Waals surface area (Å²) >= 11 is 0. The van der Waals surface area contributed by atoms with Crippen LogP contribution in [0.5, 0.6) is 23.0 Å². The first-order valence-corrected chi connectivity index (χ1v) is 10.6. The fourth-order valence-corrected chi connectivity index (χ4v) is 3.90. The van der Waals surface area contributed by atoms with E-state index in [-0.39, 0.29) is 10.6 Å². The number of benzene rings is 2. The summed E-state index contributed by atoms with van der Waals surface area (Å²) in [5.74, 6) is 2.19. The van der Waals surface area contributed by atoms with Crippen LogP contribution in [0.25, 0.3) is 0 Å². The second-order valence-electron chi connectivity index (χ2n) is 6.22. The molecule has 2 aromatic carbocycles. The monoisotopic (exact) mass is 445 g/mol. The minimum absolute atomic E-state index is 0.0934. The van der Waals surface area contributed by atoms with Gasteiger partial charge in [0.2, 0.25) is 5.75 Å². The predicted molar refractivity (Wildman–Crippen MR) is 117 cm³/mol. The molecule has 0 aliphatic heterocycles. The van der Waals surface area contributed by atoms with Crippen molar-refractivity contribution in [2.24, 2.45) is 0 Å². The Balaban J connectivity index is 1.92. The van der Waals surface area contributed by atoms with Crippen molar-refractivity contribution in [1.82, 2.24) is 4.98 Å². The molecule has 1 heterocycles. The van der Waals surface area contributed by atoms with Crippen molar-refractivity contribution < 1.29 is 27.4 Å². The van der Waals surface area contributed by atoms with Gasteiger partial charge < -0.3 is 24.3 Å². The van der Waals surface area contributed by atoms with E-state index >= 15 is 0 Å². The van der Waals surface area contributed by atoms with Gasteiger partial charge in [0.05, 0.1) is 39.0 Å². The second-order valence-corrected chi connectivity index (χ2v) is 7.90. The van der Waals surface area contributed by atoms with Gasteiger partial charge in [0.25, 0.3) is 10.0 Å². The Morgan fingerprint density at radius 1 is 0.839 bits per heavy atom. The van der Waals surface area contributed by atoms with Crippen molar-refractivity contribution in [2.45, 2.75) is 4.90 Å². The van der Waals surface area contributed by atoms with Crippen molar-refractivity contribution in [2.75, 3.05) is 38.5 Å². The molecule has 0 aliphatic carbocycles. The van der Waals surface area contributed by atoms with Gasteiger partial charge in [-0.15, -0.1) is 0 Å². The standard InChI is InChI=1S/C21H23N3O6S/c1-27-15-7-9-16(10-8-15)31(25,26)24-17-6-5-11-22-21(17)23-14-12-18(28-2)20(30-4)19(13-14)29-3/h5-13,24H,1-4H3,(H,22,23). The molecule has 0 radical (unpaired) electrons. The Morgan fingerprint density at radius 2 is 1.48 bits per heavy atom. The average Bonchev–Trinajstić information content (AvgIpc) is 2.79. The van der Waals surface area contributed by atoms with E-state index in [0.29, 0.717) is 34.5 Å². The lowest BCUT2D eigenvalue weighted by atomic mass is 10.2. The molecule has 3 rings (SSSR count). The van der Waals surface area contributed by atoms with Crippen molar-refractivity contribution in [3.8, 4) is 23.0 Å². The maximum Gasteiger partial charge on any atom is 0.262 e. The second kappa shape index (κ2) is 9.43. The fourth-order valence-electron chi connectivity index (χ4n) is 2.84. The Labute approximate surface area is 181 Å². The van der Waals surface area contributed by atoms with Gasteiger partial charge in [-0.2, -0.15) is 0 Å². The first-order chi connectivity index (χ1) is 14.9. The van der Waals surface area contributed by atoms with Gasteiger partial charge in [-0.3, -0.25) is 4.72 Å². The maximum absolute atomic E-state index is 12.8. The Bertz CT molecular complexity index is 1130. The average molecular weight is 445 g/mol. The van der Waals surface area contributed by atoms with E-state index in [2.05, 4.69) is 15.0 Å². The molecule has 0 saturated heterocycles. The minimum atomic E-state index is -3.84. The van der Waals surface area contributed by atoms with E-state index in [0.717, 1.165) is 0 Å². The summed E-state index contributed by atoms with van der Waals surface area (Å²) < 4.78 is 49.3. The summed E-state index contributed by atoms with van der Waals surface area (Å²) in [5.41, 5.74) is 0.838. The number of aromatic nitrogens is 1. The molecular formula is C21H23N3O6S. The van der Waals surface area contributed by atoms with Crippen LogP contribution in [0.3, 0.4) is 0 Å². The molecule has 9 nitrogen and oxygen atoms in total. The molecule has 10 heteroatoms. The lowest BCUT2D eigenvalue weighted by Crippen LogP contribution is -2.14. The molecule has 0 unspecified atom stereocenters. The molecule has 1 aromatic heterocycles. The molecule has 0 aliphatic rings. The number of pyridine rings is 1. The van der Waals surface area contributed by atoms with Crippen LogP contribution < -0.4 is 29.0 Å². The zero-order chi connectivity index (χ0) is 22.4. The third-order valence-electron chi connectivity index (χ3n) is 4.35. The van der Waals surface area contributed by atoms with Crippen LogP contribution in [-0.4, -0.2) is 41.8 Å². The smallest absolute Gasteiger partial charge is 0.262 e. The molecule has 0 amide bonds. The molecule has 0 saturated carbocycles. The van der Waals surface area contributed by atoms with E-state index in [1.807, 2.05) is 0 Å². The molecule has 3 aromatic rings. The number of methoxy groups -OCH3 is 4. The summed E-state index contributed by atoms with van der Waals surface area (Å²) in [4.78, 5) is 4.36. The number of nitrogens with one attached hydrogen (secondary N) is 2. The third-order valence-corrected chi connectivity index (χ3v) is 5.73. The predicted octanol–water partition coefficient (Wildman–Crippen LogP) is 3.66. The first-order valence-electron chi connectivity index (χ1n) is 9.10. The van der Waals surface area contributed by atoms with E-state index in [9.17, 15) is 8.42 Å². The molecule has 0 spiro atoms. The van der Waals surface area contributed by atoms with E-state index in [1.54, 1.807) is 42.6 Å². The number of rotatable bonds is 9. The highest BCUT2D eigenvalue weighted by Gasteiger charge is 2.18. The maximum atomic E-state index is 12.8. The van der Waals surface area contributed by atoms with Gasteiger partial charge in [0.15, 0.2) is 17.3 Å². The number of hydrogen-bond acceptors (Lipinski definition) is 8. The summed E-state index contributed by atoms with van der Waals surface area (Å²) in [5, 5.41) is 3.09. The zero-order valence-corrected chi connectivity index (χ0v) is 18.3. The highest BCUT2D eigenvalue weighted by atomic mass is 32.2. The highest BCUT2D eigenvalue weighted by molar-refractivity contribution is 7.92. The summed E-state index contributed by atoms with van der Waals surface area (Å²) in [6.07, 6.45) is 1.55. The van der Waals surface area contributed by atoms with E-state index < -0.39 is 10.0 Å². The number of nitrogens with zero attached hydrogens (tertiary/aromatic N) is 1. The molecule has 0 atom stereocenters. The Hall–Kier alpha value is -3.66. The topological polar surface area (TPSA) is 108 Å². The molecule has 0 bridgehead atoms. The molecule has 164 valence electrons. The molecular weight excluding hydrogens is 422 g/mol. The molecule has 31 heavy (non-hydrogen) atoms. The van der Waals surface area contributed by atoms with Crippen LogP contribution >= 0.6 is 0 Å². The van der Waals surface area contributed by atoms with Crippen molar-refractivity contribution in [1.29, 1.82) is 0 Å². The van der Waals surface area contributed by atoms with Crippen molar-refractivity contribution in [3.05, 3.63) is 54.7 Å². The van der Waals surface area contributed by atoms with Crippen LogP contribution in [0.15, 0.2) is 59.6 Å². The van der Waals surface area contributed by atoms with Gasteiger partial charge in [0, 0.05) is 24.0 Å². The number of anilines is 3. The molecule has 0 fully saturated rings. The van der Waals surface area contributed by atoms with Gasteiger partial charge in [-0.05, 0) is 36.4 Å². The minimum Gasteiger partial charge on any atom is -0.497 e. The summed E-state index contributed by atoms with van der Waals surface area (Å²) in [7, 11) is 2.20. The van der Waals surface area contributed by atoms with Crippen LogP contribution in [0.1, 0.15) is 0 Å². The normalized spacial score (nSPS) is 10.8. The Kier molecular flexibility index (Phi) is 6.71. The quantitative estimate of drug-likeness (QED) is 0.514. The van der Waals surface area contributed by atoms with E-state index in [4.69, 9.17) is 18.9 Å². The summed E-state index contributed by atoms with van der Waals surface area (Å²) in [6.45, 7) is 0. The molecule has 2 N–H and O–H groups in total. The van der Waals surface area contributed by atoms with Crippen LogP contribution in [-0.2, 0) is 10.0 Å². The van der Waals surface area contributed by atoms with Gasteiger partial charge >= 0.3 is 0 Å². The number of sulfonamides is 1. The largest absolute Gasteiger partial charge is 0.497 e. The fraction of sp³-hybridized carbons (Fsp3) is 0.190. The number of ether oxygens (including phenoxy) is 4. The van der Waals surface area contributed by atoms with E-state index in [1.165, 1.54) is 40.6 Å². The van der Waals surface area contributed by atoms with Crippen LogP contribution in [0.4, 0.5) is 17.2 Å². The van der Waals surface area contributed by atoms with Gasteiger partial charge in [0.1, 0.15) is 5.75 Å². The third kappa shape index (κ3) is 4.92. The summed E-state index contributed by atoms with van der Waals surface area (Å²) in [6, 6.07) is 12.7. The van der Waals surface area contributed by atoms with Gasteiger partial charge in [-0.1, -0.05) is 0 Å². The van der Waals surface area contributed by atoms with Crippen LogP contribution in [0.2, 0.25) is 0 Å². The lowest BCUT2D eigenvalue weighted by molar-refractivity contribution is 0.324. The van der Waals surface area contributed by atoms with Gasteiger partial charge in [-0.25, -0.2) is 13.4 Å². The zero-order valence-electron chi connectivity index (χ0n) is 17.5. The van der Waals surface area contributed by atoms with Crippen molar-refractivity contribution >= 4 is 27.2 Å². The first kappa shape index (κ1) is 22.0. The van der Waals surface area contributed by atoms with Crippen LogP contribution in [0, 0.1) is 0 Å². The van der Waals surface area contributed by atoms with Crippen molar-refractivity contribution in [3.63, 3.8) is 0 Å². The number of hydrogen-bond donors (Lipinski definition) is 2. The lowest BCUT2D eigenvalue weighted by Gasteiger charge is -2.16.